The molecular weight excluding hydrogens is 336 g/mol. The Morgan fingerprint density at radius 3 is 2.40 bits per heavy atom. The van der Waals surface area contributed by atoms with Gasteiger partial charge in [0, 0.05) is 23.5 Å². The van der Waals surface area contributed by atoms with E-state index in [1.54, 1.807) is 30.0 Å². The highest BCUT2D eigenvalue weighted by Gasteiger charge is 2.35. The summed E-state index contributed by atoms with van der Waals surface area (Å²) in [5.74, 6) is -0.900. The largest absolute Gasteiger partial charge is 0.326 e. The topological polar surface area (TPSA) is 66.5 Å². The van der Waals surface area contributed by atoms with Crippen molar-refractivity contribution in [1.82, 2.24) is 4.90 Å². The molecule has 128 valence electrons. The van der Waals surface area contributed by atoms with Crippen molar-refractivity contribution in [3.05, 3.63) is 59.2 Å². The van der Waals surface area contributed by atoms with Crippen molar-refractivity contribution in [2.45, 2.75) is 18.2 Å². The Hall–Kier alpha value is -2.60. The van der Waals surface area contributed by atoms with Crippen LogP contribution in [0.25, 0.3) is 0 Å². The van der Waals surface area contributed by atoms with Gasteiger partial charge < -0.3 is 5.32 Å². The molecule has 0 fully saturated rings. The van der Waals surface area contributed by atoms with Gasteiger partial charge in [-0.2, -0.15) is 0 Å². The van der Waals surface area contributed by atoms with E-state index in [1.807, 2.05) is 37.4 Å². The van der Waals surface area contributed by atoms with Gasteiger partial charge >= 0.3 is 0 Å². The molecule has 0 atom stereocenters. The molecule has 2 aromatic carbocycles. The minimum absolute atomic E-state index is 0.0642. The van der Waals surface area contributed by atoms with E-state index in [9.17, 15) is 14.4 Å². The predicted molar refractivity (Wildman–Crippen MR) is 98.0 cm³/mol. The van der Waals surface area contributed by atoms with Crippen LogP contribution < -0.4 is 5.32 Å². The first-order valence-electron chi connectivity index (χ1n) is 7.90. The van der Waals surface area contributed by atoms with Crippen molar-refractivity contribution in [3.8, 4) is 0 Å². The summed E-state index contributed by atoms with van der Waals surface area (Å²) in [6, 6.07) is 12.7. The quantitative estimate of drug-likeness (QED) is 0.661. The van der Waals surface area contributed by atoms with Crippen molar-refractivity contribution in [2.24, 2.45) is 0 Å². The minimum Gasteiger partial charge on any atom is -0.326 e. The number of imide groups is 1. The van der Waals surface area contributed by atoms with Gasteiger partial charge in [-0.15, -0.1) is 11.8 Å². The van der Waals surface area contributed by atoms with Gasteiger partial charge in [-0.3, -0.25) is 19.3 Å². The Morgan fingerprint density at radius 1 is 1.04 bits per heavy atom. The molecule has 3 rings (SSSR count). The first-order chi connectivity index (χ1) is 12.0. The fraction of sp³-hybridized carbons (Fsp3) is 0.211. The van der Waals surface area contributed by atoms with Gasteiger partial charge in [0.05, 0.1) is 11.1 Å². The highest BCUT2D eigenvalue weighted by molar-refractivity contribution is 7.98. The van der Waals surface area contributed by atoms with Crippen LogP contribution in [-0.4, -0.2) is 35.4 Å². The third-order valence-corrected chi connectivity index (χ3v) is 4.81. The van der Waals surface area contributed by atoms with Crippen LogP contribution >= 0.6 is 11.8 Å². The number of thioether (sulfide) groups is 1. The monoisotopic (exact) mass is 354 g/mol. The van der Waals surface area contributed by atoms with Crippen LogP contribution in [0, 0.1) is 6.92 Å². The summed E-state index contributed by atoms with van der Waals surface area (Å²) in [5, 5.41) is 2.78. The number of nitrogens with zero attached hydrogens (tertiary/aromatic N) is 1. The normalized spacial score (nSPS) is 13.1. The summed E-state index contributed by atoms with van der Waals surface area (Å²) < 4.78 is 0. The van der Waals surface area contributed by atoms with Crippen molar-refractivity contribution in [3.63, 3.8) is 0 Å². The molecule has 1 aliphatic heterocycles. The fourth-order valence-electron chi connectivity index (χ4n) is 2.72. The molecule has 0 aliphatic carbocycles. The lowest BCUT2D eigenvalue weighted by molar-refractivity contribution is -0.116. The number of amides is 3. The molecule has 0 bridgehead atoms. The third-order valence-electron chi connectivity index (χ3n) is 4.06. The number of fused-ring (bicyclic) bond motifs is 1. The van der Waals surface area contributed by atoms with E-state index in [0.29, 0.717) is 16.8 Å². The Bertz CT molecular complexity index is 846. The first-order valence-corrected chi connectivity index (χ1v) is 9.13. The van der Waals surface area contributed by atoms with Crippen LogP contribution in [0.15, 0.2) is 47.4 Å². The Kier molecular flexibility index (Phi) is 4.90. The zero-order chi connectivity index (χ0) is 18.0. The van der Waals surface area contributed by atoms with Crippen LogP contribution in [0.2, 0.25) is 0 Å². The summed E-state index contributed by atoms with van der Waals surface area (Å²) in [6.07, 6.45) is 2.05. The number of carbonyl (C=O) groups excluding carboxylic acids is 3. The molecule has 0 unspecified atom stereocenters. The second kappa shape index (κ2) is 7.11. The molecule has 3 amide bonds. The molecule has 0 radical (unpaired) electrons. The fourth-order valence-corrected chi connectivity index (χ4v) is 3.13. The van der Waals surface area contributed by atoms with E-state index in [1.165, 1.54) is 0 Å². The molecule has 0 spiro atoms. The van der Waals surface area contributed by atoms with Gasteiger partial charge in [0.2, 0.25) is 5.91 Å². The van der Waals surface area contributed by atoms with Gasteiger partial charge in [-0.1, -0.05) is 11.6 Å². The Labute approximate surface area is 150 Å². The van der Waals surface area contributed by atoms with E-state index >= 15 is 0 Å². The number of carbonyl (C=O) groups is 3. The molecular formula is C19H18N2O3S. The standard InChI is InChI=1S/C19H18N2O3S/c1-12-3-8-15-16(11-12)19(24)21(18(15)23)10-9-17(22)20-13-4-6-14(25-2)7-5-13/h3-8,11H,9-10H2,1-2H3,(H,20,22). The Morgan fingerprint density at radius 2 is 1.72 bits per heavy atom. The summed E-state index contributed by atoms with van der Waals surface area (Å²) >= 11 is 1.62. The van der Waals surface area contributed by atoms with Gasteiger partial charge in [-0.25, -0.2) is 0 Å². The van der Waals surface area contributed by atoms with E-state index in [2.05, 4.69) is 5.32 Å². The highest BCUT2D eigenvalue weighted by Crippen LogP contribution is 2.24. The van der Waals surface area contributed by atoms with Gasteiger partial charge in [0.1, 0.15) is 0 Å². The van der Waals surface area contributed by atoms with E-state index < -0.39 is 0 Å². The second-order valence-corrected chi connectivity index (χ2v) is 6.72. The first kappa shape index (κ1) is 17.2. The molecule has 0 saturated heterocycles. The molecule has 5 nitrogen and oxygen atoms in total. The van der Waals surface area contributed by atoms with Gasteiger partial charge in [0.15, 0.2) is 0 Å². The number of aryl methyl sites for hydroxylation is 1. The molecule has 25 heavy (non-hydrogen) atoms. The van der Waals surface area contributed by atoms with Crippen molar-refractivity contribution >= 4 is 35.2 Å². The van der Waals surface area contributed by atoms with Crippen LogP contribution in [-0.2, 0) is 4.79 Å². The molecule has 2 aromatic rings. The maximum absolute atomic E-state index is 12.4. The van der Waals surface area contributed by atoms with E-state index in [0.717, 1.165) is 15.4 Å². The summed E-state index contributed by atoms with van der Waals surface area (Å²) in [6.45, 7) is 1.94. The van der Waals surface area contributed by atoms with Crippen molar-refractivity contribution < 1.29 is 14.4 Å². The lowest BCUT2D eigenvalue weighted by Gasteiger charge is -2.13. The molecule has 1 aliphatic rings. The van der Waals surface area contributed by atoms with Gasteiger partial charge in [0.25, 0.3) is 11.8 Å². The molecule has 0 saturated carbocycles. The maximum Gasteiger partial charge on any atom is 0.261 e. The number of rotatable bonds is 5. The number of hydrogen-bond donors (Lipinski definition) is 1. The number of hydrogen-bond acceptors (Lipinski definition) is 4. The summed E-state index contributed by atoms with van der Waals surface area (Å²) in [4.78, 5) is 39.1. The smallest absolute Gasteiger partial charge is 0.261 e. The molecule has 0 aromatic heterocycles. The minimum atomic E-state index is -0.336. The lowest BCUT2D eigenvalue weighted by atomic mass is 10.1. The second-order valence-electron chi connectivity index (χ2n) is 5.84. The molecule has 1 N–H and O–H groups in total. The van der Waals surface area contributed by atoms with E-state index in [-0.39, 0.29) is 30.7 Å². The third kappa shape index (κ3) is 3.58. The zero-order valence-electron chi connectivity index (χ0n) is 14.0. The zero-order valence-corrected chi connectivity index (χ0v) is 14.9. The number of anilines is 1. The number of benzene rings is 2. The number of nitrogens with one attached hydrogen (secondary N) is 1. The molecule has 6 heteroatoms. The SMILES string of the molecule is CSc1ccc(NC(=O)CCN2C(=O)c3ccc(C)cc3C2=O)cc1. The van der Waals surface area contributed by atoms with Crippen molar-refractivity contribution in [2.75, 3.05) is 18.1 Å². The van der Waals surface area contributed by atoms with Crippen LogP contribution in [0.5, 0.6) is 0 Å². The average Bonchev–Trinajstić information content (AvgIpc) is 2.84. The van der Waals surface area contributed by atoms with Crippen LogP contribution in [0.1, 0.15) is 32.7 Å². The predicted octanol–water partition coefficient (Wildman–Crippen LogP) is 3.34. The average molecular weight is 354 g/mol. The summed E-state index contributed by atoms with van der Waals surface area (Å²) in [5.41, 5.74) is 2.44. The Balaban J connectivity index is 1.61. The molecule has 1 heterocycles. The highest BCUT2D eigenvalue weighted by atomic mass is 32.2. The van der Waals surface area contributed by atoms with Crippen LogP contribution in [0.3, 0.4) is 0 Å². The van der Waals surface area contributed by atoms with Gasteiger partial charge in [-0.05, 0) is 49.6 Å². The maximum atomic E-state index is 12.4. The van der Waals surface area contributed by atoms with Crippen LogP contribution in [0.4, 0.5) is 5.69 Å². The van der Waals surface area contributed by atoms with E-state index in [4.69, 9.17) is 0 Å². The lowest BCUT2D eigenvalue weighted by Crippen LogP contribution is -2.32. The van der Waals surface area contributed by atoms with Crippen molar-refractivity contribution in [1.29, 1.82) is 0 Å². The summed E-state index contributed by atoms with van der Waals surface area (Å²) in [7, 11) is 0.